The van der Waals surface area contributed by atoms with Crippen molar-refractivity contribution in [3.63, 3.8) is 0 Å². The van der Waals surface area contributed by atoms with Gasteiger partial charge in [0.1, 0.15) is 5.82 Å². The van der Waals surface area contributed by atoms with Crippen molar-refractivity contribution in [1.29, 1.82) is 0 Å². The minimum atomic E-state index is -0.212. The van der Waals surface area contributed by atoms with E-state index in [1.165, 1.54) is 23.3 Å². The molecule has 0 saturated heterocycles. The van der Waals surface area contributed by atoms with Gasteiger partial charge in [0.05, 0.1) is 6.54 Å². The summed E-state index contributed by atoms with van der Waals surface area (Å²) in [5.41, 5.74) is 10.4. The molecular formula is C19H26FIN4. The van der Waals surface area contributed by atoms with Crippen molar-refractivity contribution in [2.24, 2.45) is 10.7 Å². The molecule has 2 rings (SSSR count). The molecule has 0 aliphatic heterocycles. The topological polar surface area (TPSA) is 53.6 Å². The van der Waals surface area contributed by atoms with Gasteiger partial charge in [-0.1, -0.05) is 18.2 Å². The number of rotatable bonds is 6. The van der Waals surface area contributed by atoms with Crippen LogP contribution in [0.4, 0.5) is 10.1 Å². The maximum atomic E-state index is 12.9. The van der Waals surface area contributed by atoms with Crippen molar-refractivity contribution in [3.05, 3.63) is 65.0 Å². The molecule has 0 unspecified atom stereocenters. The predicted molar refractivity (Wildman–Crippen MR) is 114 cm³/mol. The van der Waals surface area contributed by atoms with E-state index in [1.807, 2.05) is 13.1 Å². The van der Waals surface area contributed by atoms with Crippen LogP contribution < -0.4 is 11.1 Å². The first-order valence-electron chi connectivity index (χ1n) is 8.01. The number of hydrogen-bond donors (Lipinski definition) is 2. The van der Waals surface area contributed by atoms with E-state index in [9.17, 15) is 4.39 Å². The Morgan fingerprint density at radius 1 is 1.12 bits per heavy atom. The van der Waals surface area contributed by atoms with Gasteiger partial charge in [-0.25, -0.2) is 4.39 Å². The van der Waals surface area contributed by atoms with E-state index in [1.54, 1.807) is 12.1 Å². The molecule has 25 heavy (non-hydrogen) atoms. The van der Waals surface area contributed by atoms with Gasteiger partial charge in [0, 0.05) is 18.8 Å². The van der Waals surface area contributed by atoms with Gasteiger partial charge in [-0.15, -0.1) is 24.0 Å². The zero-order chi connectivity index (χ0) is 17.5. The van der Waals surface area contributed by atoms with E-state index < -0.39 is 0 Å². The summed E-state index contributed by atoms with van der Waals surface area (Å²) >= 11 is 0. The second kappa shape index (κ2) is 10.4. The lowest BCUT2D eigenvalue weighted by molar-refractivity contribution is 0.336. The van der Waals surface area contributed by atoms with Crippen LogP contribution in [0, 0.1) is 19.7 Å². The summed E-state index contributed by atoms with van der Waals surface area (Å²) in [6.45, 7) is 6.26. The Morgan fingerprint density at radius 3 is 2.44 bits per heavy atom. The highest BCUT2D eigenvalue weighted by Crippen LogP contribution is 2.13. The largest absolute Gasteiger partial charge is 0.370 e. The number of hydrogen-bond acceptors (Lipinski definition) is 2. The first kappa shape index (κ1) is 21.4. The van der Waals surface area contributed by atoms with Crippen LogP contribution in [-0.4, -0.2) is 31.0 Å². The second-order valence-corrected chi connectivity index (χ2v) is 6.06. The fourth-order valence-electron chi connectivity index (χ4n) is 2.33. The van der Waals surface area contributed by atoms with Crippen molar-refractivity contribution < 1.29 is 4.39 Å². The number of likely N-dealkylation sites (N-methyl/N-ethyl adjacent to an activating group) is 1. The number of benzene rings is 2. The Hall–Kier alpha value is -1.67. The fraction of sp³-hybridized carbons (Fsp3) is 0.316. The molecule has 0 aliphatic carbocycles. The van der Waals surface area contributed by atoms with Crippen LogP contribution >= 0.6 is 24.0 Å². The Kier molecular flexibility index (Phi) is 8.85. The highest BCUT2D eigenvalue weighted by Gasteiger charge is 2.01. The quantitative estimate of drug-likeness (QED) is 0.394. The maximum Gasteiger partial charge on any atom is 0.193 e. The maximum absolute atomic E-state index is 12.9. The van der Waals surface area contributed by atoms with Crippen LogP contribution in [0.25, 0.3) is 0 Å². The van der Waals surface area contributed by atoms with E-state index in [-0.39, 0.29) is 29.8 Å². The molecule has 0 spiro atoms. The summed E-state index contributed by atoms with van der Waals surface area (Å²) in [4.78, 5) is 6.47. The van der Waals surface area contributed by atoms with Crippen LogP contribution in [0.1, 0.15) is 16.7 Å². The number of nitrogens with one attached hydrogen (secondary N) is 1. The van der Waals surface area contributed by atoms with E-state index in [0.29, 0.717) is 12.5 Å². The highest BCUT2D eigenvalue weighted by atomic mass is 127. The number of nitrogens with two attached hydrogens (primary N) is 1. The molecule has 0 radical (unpaired) electrons. The lowest BCUT2D eigenvalue weighted by atomic mass is 10.1. The Labute approximate surface area is 166 Å². The molecule has 0 saturated carbocycles. The van der Waals surface area contributed by atoms with Crippen molar-refractivity contribution in [1.82, 2.24) is 4.90 Å². The van der Waals surface area contributed by atoms with Crippen molar-refractivity contribution in [2.45, 2.75) is 20.4 Å². The SMILES string of the molecule is Cc1ccc(NC(N)=NCCN(C)Cc2ccc(F)cc2)cc1C.I. The van der Waals surface area contributed by atoms with Crippen LogP contribution in [0.2, 0.25) is 0 Å². The number of nitrogens with zero attached hydrogens (tertiary/aromatic N) is 2. The van der Waals surface area contributed by atoms with Gasteiger partial charge in [0.25, 0.3) is 0 Å². The lowest BCUT2D eigenvalue weighted by Crippen LogP contribution is -2.26. The third-order valence-corrected chi connectivity index (χ3v) is 3.91. The van der Waals surface area contributed by atoms with Crippen molar-refractivity contribution in [2.75, 3.05) is 25.5 Å². The van der Waals surface area contributed by atoms with E-state index >= 15 is 0 Å². The molecule has 4 nitrogen and oxygen atoms in total. The summed E-state index contributed by atoms with van der Waals surface area (Å²) in [7, 11) is 2.01. The van der Waals surface area contributed by atoms with Crippen LogP contribution in [0.15, 0.2) is 47.5 Å². The molecule has 0 fully saturated rings. The molecule has 6 heteroatoms. The fourth-order valence-corrected chi connectivity index (χ4v) is 2.33. The zero-order valence-corrected chi connectivity index (χ0v) is 17.3. The van der Waals surface area contributed by atoms with Gasteiger partial charge in [-0.05, 0) is 61.9 Å². The number of aliphatic imine (C=N–C) groups is 1. The standard InChI is InChI=1S/C19H25FN4.HI/c1-14-4-9-18(12-15(14)2)23-19(21)22-10-11-24(3)13-16-5-7-17(20)8-6-16;/h4-9,12H,10-11,13H2,1-3H3,(H3,21,22,23);1H. The summed E-state index contributed by atoms with van der Waals surface area (Å²) < 4.78 is 12.9. The highest BCUT2D eigenvalue weighted by molar-refractivity contribution is 14.0. The van der Waals surface area contributed by atoms with E-state index in [2.05, 4.69) is 41.2 Å². The van der Waals surface area contributed by atoms with Crippen LogP contribution in [-0.2, 0) is 6.54 Å². The van der Waals surface area contributed by atoms with Gasteiger partial charge in [0.2, 0.25) is 0 Å². The van der Waals surface area contributed by atoms with Gasteiger partial charge in [-0.3, -0.25) is 4.99 Å². The molecule has 0 bridgehead atoms. The van der Waals surface area contributed by atoms with E-state index in [4.69, 9.17) is 5.73 Å². The number of guanidine groups is 1. The first-order valence-corrected chi connectivity index (χ1v) is 8.01. The van der Waals surface area contributed by atoms with Gasteiger partial charge < -0.3 is 16.0 Å². The smallest absolute Gasteiger partial charge is 0.193 e. The monoisotopic (exact) mass is 456 g/mol. The molecular weight excluding hydrogens is 430 g/mol. The first-order chi connectivity index (χ1) is 11.4. The van der Waals surface area contributed by atoms with Gasteiger partial charge in [0.15, 0.2) is 5.96 Å². The Balaban J connectivity index is 0.00000312. The predicted octanol–water partition coefficient (Wildman–Crippen LogP) is 3.92. The number of anilines is 1. The van der Waals surface area contributed by atoms with Crippen LogP contribution in [0.3, 0.4) is 0 Å². The Bertz CT molecular complexity index is 701. The third kappa shape index (κ3) is 7.39. The summed E-state index contributed by atoms with van der Waals surface area (Å²) in [6, 6.07) is 12.7. The van der Waals surface area contributed by atoms with Crippen molar-refractivity contribution in [3.8, 4) is 0 Å². The zero-order valence-electron chi connectivity index (χ0n) is 14.9. The molecule has 0 aromatic heterocycles. The summed E-state index contributed by atoms with van der Waals surface area (Å²) in [5.74, 6) is 0.199. The van der Waals surface area contributed by atoms with Crippen LogP contribution in [0.5, 0.6) is 0 Å². The number of aryl methyl sites for hydroxylation is 2. The minimum absolute atomic E-state index is 0. The van der Waals surface area contributed by atoms with E-state index in [0.717, 1.165) is 24.3 Å². The summed E-state index contributed by atoms with van der Waals surface area (Å²) in [5, 5.41) is 3.11. The van der Waals surface area contributed by atoms with Gasteiger partial charge in [-0.2, -0.15) is 0 Å². The lowest BCUT2D eigenvalue weighted by Gasteiger charge is -2.15. The average Bonchev–Trinajstić information content (AvgIpc) is 2.53. The second-order valence-electron chi connectivity index (χ2n) is 6.06. The normalized spacial score (nSPS) is 11.3. The molecule has 2 aromatic rings. The van der Waals surface area contributed by atoms with Gasteiger partial charge >= 0.3 is 0 Å². The third-order valence-electron chi connectivity index (χ3n) is 3.91. The average molecular weight is 456 g/mol. The number of halogens is 2. The Morgan fingerprint density at radius 2 is 1.80 bits per heavy atom. The molecule has 0 heterocycles. The molecule has 0 amide bonds. The van der Waals surface area contributed by atoms with Crippen molar-refractivity contribution >= 4 is 35.6 Å². The molecule has 136 valence electrons. The molecule has 0 aliphatic rings. The molecule has 3 N–H and O–H groups in total. The minimum Gasteiger partial charge on any atom is -0.370 e. The summed E-state index contributed by atoms with van der Waals surface area (Å²) in [6.07, 6.45) is 0. The molecule has 0 atom stereocenters. The molecule has 2 aromatic carbocycles.